The molecule has 1 saturated heterocycles. The van der Waals surface area contributed by atoms with E-state index in [2.05, 4.69) is 20.5 Å². The average Bonchev–Trinajstić information content (AvgIpc) is 3.07. The first-order valence-corrected chi connectivity index (χ1v) is 8.93. The van der Waals surface area contributed by atoms with Crippen LogP contribution in [0.4, 0.5) is 11.4 Å². The zero-order chi connectivity index (χ0) is 19.4. The Morgan fingerprint density at radius 1 is 1.46 bits per heavy atom. The van der Waals surface area contributed by atoms with E-state index >= 15 is 0 Å². The molecule has 2 aromatic rings. The highest BCUT2D eigenvalue weighted by Gasteiger charge is 2.27. The maximum atomic E-state index is 12.4. The molecule has 28 heavy (non-hydrogen) atoms. The molecule has 0 spiro atoms. The summed E-state index contributed by atoms with van der Waals surface area (Å²) in [7, 11) is 1.97. The lowest BCUT2D eigenvalue weighted by Crippen LogP contribution is -2.47. The molecule has 3 rings (SSSR count). The Morgan fingerprint density at radius 3 is 2.93 bits per heavy atom. The lowest BCUT2D eigenvalue weighted by atomic mass is 10.1. The van der Waals surface area contributed by atoms with Crippen LogP contribution in [0.25, 0.3) is 0 Å². The normalized spacial score (nSPS) is 17.0. The van der Waals surface area contributed by atoms with E-state index in [4.69, 9.17) is 0 Å². The molecule has 2 N–H and O–H groups in total. The number of amides is 1. The average molecular weight is 409 g/mol. The molecule has 0 saturated carbocycles. The molecule has 2 heterocycles. The molecule has 10 heteroatoms. The van der Waals surface area contributed by atoms with Crippen molar-refractivity contribution >= 4 is 29.7 Å². The van der Waals surface area contributed by atoms with E-state index in [0.717, 1.165) is 25.5 Å². The number of nitro groups is 1. The zero-order valence-electron chi connectivity index (χ0n) is 15.9. The predicted octanol–water partition coefficient (Wildman–Crippen LogP) is 2.03. The van der Waals surface area contributed by atoms with Crippen LogP contribution in [0.1, 0.15) is 23.9 Å². The number of hydrogen-bond donors (Lipinski definition) is 2. The molecule has 1 amide bonds. The fourth-order valence-electron chi connectivity index (χ4n) is 3.38. The highest BCUT2D eigenvalue weighted by atomic mass is 35.5. The van der Waals surface area contributed by atoms with Gasteiger partial charge in [-0.25, -0.2) is 4.98 Å². The summed E-state index contributed by atoms with van der Waals surface area (Å²) < 4.78 is 2.00. The molecule has 1 fully saturated rings. The van der Waals surface area contributed by atoms with Gasteiger partial charge in [-0.15, -0.1) is 12.4 Å². The van der Waals surface area contributed by atoms with Crippen LogP contribution in [-0.4, -0.2) is 51.5 Å². The van der Waals surface area contributed by atoms with Crippen molar-refractivity contribution in [2.75, 3.05) is 31.5 Å². The van der Waals surface area contributed by atoms with Gasteiger partial charge in [-0.3, -0.25) is 19.8 Å². The summed E-state index contributed by atoms with van der Waals surface area (Å²) in [6.07, 6.45) is 4.00. The fraction of sp³-hybridized carbons (Fsp3) is 0.444. The molecule has 152 valence electrons. The first-order valence-electron chi connectivity index (χ1n) is 8.93. The number of benzene rings is 1. The minimum atomic E-state index is -0.441. The summed E-state index contributed by atoms with van der Waals surface area (Å²) in [6, 6.07) is 4.81. The van der Waals surface area contributed by atoms with Gasteiger partial charge in [0.1, 0.15) is 5.82 Å². The number of anilines is 1. The molecule has 1 atom stereocenters. The van der Waals surface area contributed by atoms with Crippen LogP contribution in [0, 0.1) is 17.0 Å². The minimum absolute atomic E-state index is 0. The molecule has 0 radical (unpaired) electrons. The van der Waals surface area contributed by atoms with Gasteiger partial charge in [0, 0.05) is 58.1 Å². The van der Waals surface area contributed by atoms with E-state index in [1.54, 1.807) is 25.3 Å². The first kappa shape index (κ1) is 21.8. The van der Waals surface area contributed by atoms with Gasteiger partial charge in [0.15, 0.2) is 0 Å². The number of aromatic nitrogens is 2. The number of nitro benzene ring substituents is 1. The minimum Gasteiger partial charge on any atom is -0.337 e. The highest BCUT2D eigenvalue weighted by molar-refractivity contribution is 5.92. The van der Waals surface area contributed by atoms with Crippen LogP contribution in [0.3, 0.4) is 0 Å². The van der Waals surface area contributed by atoms with Crippen molar-refractivity contribution in [3.05, 3.63) is 52.1 Å². The highest BCUT2D eigenvalue weighted by Crippen LogP contribution is 2.25. The molecule has 1 aromatic heterocycles. The number of imidazole rings is 1. The number of nitrogens with one attached hydrogen (secondary N) is 2. The number of halogens is 1. The van der Waals surface area contributed by atoms with Crippen LogP contribution in [0.5, 0.6) is 0 Å². The topological polar surface area (TPSA) is 105 Å². The van der Waals surface area contributed by atoms with Crippen molar-refractivity contribution < 1.29 is 9.72 Å². The Morgan fingerprint density at radius 2 is 2.25 bits per heavy atom. The summed E-state index contributed by atoms with van der Waals surface area (Å²) in [5.41, 5.74) is 0.948. The van der Waals surface area contributed by atoms with Crippen molar-refractivity contribution in [3.63, 3.8) is 0 Å². The van der Waals surface area contributed by atoms with Gasteiger partial charge in [-0.1, -0.05) is 6.07 Å². The second-order valence-electron chi connectivity index (χ2n) is 6.66. The van der Waals surface area contributed by atoms with Crippen LogP contribution in [0.15, 0.2) is 30.6 Å². The maximum Gasteiger partial charge on any atom is 0.274 e. The quantitative estimate of drug-likeness (QED) is 0.559. The first-order chi connectivity index (χ1) is 13.0. The van der Waals surface area contributed by atoms with Crippen LogP contribution < -0.4 is 10.6 Å². The van der Waals surface area contributed by atoms with Gasteiger partial charge in [0.25, 0.3) is 5.69 Å². The maximum absolute atomic E-state index is 12.4. The van der Waals surface area contributed by atoms with Gasteiger partial charge in [0.2, 0.25) is 5.91 Å². The SMILES string of the molecule is Cc1c(NC(=O)CCN2CCNCC2c2nccn2C)cccc1[N+](=O)[O-].Cl. The predicted molar refractivity (Wildman–Crippen MR) is 109 cm³/mol. The van der Waals surface area contributed by atoms with Crippen LogP contribution in [0.2, 0.25) is 0 Å². The van der Waals surface area contributed by atoms with E-state index in [1.165, 1.54) is 6.07 Å². The van der Waals surface area contributed by atoms with Crippen LogP contribution in [-0.2, 0) is 11.8 Å². The molecule has 0 aliphatic carbocycles. The monoisotopic (exact) mass is 408 g/mol. The lowest BCUT2D eigenvalue weighted by Gasteiger charge is -2.35. The number of aryl methyl sites for hydroxylation is 1. The fourth-order valence-corrected chi connectivity index (χ4v) is 3.38. The smallest absolute Gasteiger partial charge is 0.274 e. The molecule has 1 aromatic carbocycles. The summed E-state index contributed by atoms with van der Waals surface area (Å²) in [5, 5.41) is 17.2. The van der Waals surface area contributed by atoms with Gasteiger partial charge in [-0.2, -0.15) is 0 Å². The standard InChI is InChI=1S/C18H24N6O3.ClH/c1-13-14(4-3-5-15(13)24(26)27)21-17(25)6-9-23-11-7-19-12-16(23)18-20-8-10-22(18)2;/h3-5,8,10,16,19H,6-7,9,11-12H2,1-2H3,(H,21,25);1H. The Balaban J connectivity index is 0.00000280. The summed E-state index contributed by atoms with van der Waals surface area (Å²) in [6.45, 7) is 4.73. The zero-order valence-corrected chi connectivity index (χ0v) is 16.7. The third-order valence-corrected chi connectivity index (χ3v) is 4.91. The van der Waals surface area contributed by atoms with E-state index in [9.17, 15) is 14.9 Å². The van der Waals surface area contributed by atoms with Crippen molar-refractivity contribution in [2.45, 2.75) is 19.4 Å². The second-order valence-corrected chi connectivity index (χ2v) is 6.66. The molecule has 1 unspecified atom stereocenters. The Hall–Kier alpha value is -2.49. The third kappa shape index (κ3) is 4.86. The summed E-state index contributed by atoms with van der Waals surface area (Å²) in [4.78, 5) is 29.7. The number of piperazine rings is 1. The second kappa shape index (κ2) is 9.63. The van der Waals surface area contributed by atoms with Crippen molar-refractivity contribution in [2.24, 2.45) is 7.05 Å². The molecular formula is C18H25ClN6O3. The number of rotatable bonds is 6. The van der Waals surface area contributed by atoms with E-state index in [-0.39, 0.29) is 30.0 Å². The van der Waals surface area contributed by atoms with E-state index < -0.39 is 4.92 Å². The summed E-state index contributed by atoms with van der Waals surface area (Å²) >= 11 is 0. The van der Waals surface area contributed by atoms with E-state index in [0.29, 0.717) is 24.2 Å². The van der Waals surface area contributed by atoms with Crippen LogP contribution >= 0.6 is 12.4 Å². The number of carbonyl (C=O) groups excluding carboxylic acids is 1. The lowest BCUT2D eigenvalue weighted by molar-refractivity contribution is -0.385. The van der Waals surface area contributed by atoms with Crippen molar-refractivity contribution in [3.8, 4) is 0 Å². The Bertz CT molecular complexity index is 840. The largest absolute Gasteiger partial charge is 0.337 e. The van der Waals surface area contributed by atoms with Crippen molar-refractivity contribution in [1.82, 2.24) is 19.8 Å². The van der Waals surface area contributed by atoms with Gasteiger partial charge >= 0.3 is 0 Å². The molecule has 9 nitrogen and oxygen atoms in total. The third-order valence-electron chi connectivity index (χ3n) is 4.91. The number of hydrogen-bond acceptors (Lipinski definition) is 6. The molecule has 1 aliphatic rings. The van der Waals surface area contributed by atoms with Gasteiger partial charge in [-0.05, 0) is 13.0 Å². The van der Waals surface area contributed by atoms with Gasteiger partial charge < -0.3 is 15.2 Å². The Kier molecular flexibility index (Phi) is 7.50. The molecule has 0 bridgehead atoms. The van der Waals surface area contributed by atoms with Gasteiger partial charge in [0.05, 0.1) is 22.2 Å². The molecule has 1 aliphatic heterocycles. The molecular weight excluding hydrogens is 384 g/mol. The van der Waals surface area contributed by atoms with Crippen molar-refractivity contribution in [1.29, 1.82) is 0 Å². The Labute approximate surface area is 169 Å². The number of carbonyl (C=O) groups is 1. The number of nitrogens with zero attached hydrogens (tertiary/aromatic N) is 4. The summed E-state index contributed by atoms with van der Waals surface area (Å²) in [5.74, 6) is 0.813. The van der Waals surface area contributed by atoms with E-state index in [1.807, 2.05) is 17.8 Å².